The van der Waals surface area contributed by atoms with Crippen molar-refractivity contribution in [2.75, 3.05) is 26.3 Å². The summed E-state index contributed by atoms with van der Waals surface area (Å²) in [7, 11) is -3.62. The van der Waals surface area contributed by atoms with Crippen LogP contribution in [-0.4, -0.2) is 76.5 Å². The van der Waals surface area contributed by atoms with Crippen molar-refractivity contribution >= 4 is 33.3 Å². The van der Waals surface area contributed by atoms with Gasteiger partial charge < -0.3 is 25.3 Å². The Balaban J connectivity index is 1.42. The fraction of sp³-hybridized carbons (Fsp3) is 0.560. The van der Waals surface area contributed by atoms with E-state index in [9.17, 15) is 18.0 Å². The van der Waals surface area contributed by atoms with Crippen molar-refractivity contribution < 1.29 is 22.7 Å². The van der Waals surface area contributed by atoms with Gasteiger partial charge in [0.15, 0.2) is 15.7 Å². The minimum Gasteiger partial charge on any atom is -0.378 e. The Hall–Kier alpha value is -2.47. The molecule has 1 saturated carbocycles. The number of carbonyl (C=O) groups is 2. The second-order valence-electron chi connectivity index (χ2n) is 10.6. The number of nitrogens with one attached hydrogen (secondary N) is 1. The number of sulfone groups is 1. The van der Waals surface area contributed by atoms with Crippen molar-refractivity contribution in [1.29, 1.82) is 0 Å². The van der Waals surface area contributed by atoms with Crippen LogP contribution in [0.2, 0.25) is 5.02 Å². The van der Waals surface area contributed by atoms with Crippen molar-refractivity contribution in [2.45, 2.75) is 62.2 Å². The van der Waals surface area contributed by atoms with E-state index in [2.05, 4.69) is 10.3 Å². The van der Waals surface area contributed by atoms with Gasteiger partial charge in [0, 0.05) is 37.2 Å². The van der Waals surface area contributed by atoms with Crippen LogP contribution in [0.25, 0.3) is 0 Å². The lowest BCUT2D eigenvalue weighted by Crippen LogP contribution is -2.52. The fourth-order valence-electron chi connectivity index (χ4n) is 4.61. The molecule has 1 aliphatic heterocycles. The van der Waals surface area contributed by atoms with Gasteiger partial charge in [-0.25, -0.2) is 13.4 Å². The van der Waals surface area contributed by atoms with Crippen LogP contribution in [-0.2, 0) is 27.7 Å². The van der Waals surface area contributed by atoms with E-state index in [0.717, 1.165) is 5.56 Å². The maximum atomic E-state index is 13.6. The first-order valence-electron chi connectivity index (χ1n) is 12.3. The van der Waals surface area contributed by atoms with Crippen LogP contribution in [0, 0.1) is 0 Å². The van der Waals surface area contributed by atoms with Crippen LogP contribution in [0.15, 0.2) is 30.5 Å². The molecule has 1 fully saturated rings. The third-order valence-electron chi connectivity index (χ3n) is 6.94. The van der Waals surface area contributed by atoms with E-state index in [1.807, 2.05) is 12.1 Å². The number of carbonyl (C=O) groups excluding carboxylic acids is 2. The van der Waals surface area contributed by atoms with Gasteiger partial charge in [-0.15, -0.1) is 0 Å². The standard InChI is InChI=1S/C25H34ClN5O5S/c1-17(27)14-36-16-24(2,3)37(34,35)25(8-9-25)15-30-10-11-31-20(23(30)33)13-28-21(31)22(32)29-12-18-4-6-19(26)7-5-18/h4-7,13,17H,8-12,14-16,27H2,1-3H3,(H,29,32)/t17-/m0/s1. The second kappa shape index (κ2) is 10.4. The number of hydrogen-bond acceptors (Lipinski definition) is 7. The Morgan fingerprint density at radius 2 is 1.95 bits per heavy atom. The van der Waals surface area contributed by atoms with Crippen LogP contribution in [0.4, 0.5) is 0 Å². The van der Waals surface area contributed by atoms with Gasteiger partial charge >= 0.3 is 0 Å². The highest BCUT2D eigenvalue weighted by molar-refractivity contribution is 7.94. The number of imidazole rings is 1. The van der Waals surface area contributed by atoms with Crippen molar-refractivity contribution in [1.82, 2.24) is 19.8 Å². The van der Waals surface area contributed by atoms with E-state index in [1.165, 1.54) is 6.20 Å². The Kier molecular flexibility index (Phi) is 7.72. The highest BCUT2D eigenvalue weighted by atomic mass is 35.5. The molecule has 2 aliphatic rings. The van der Waals surface area contributed by atoms with Crippen LogP contribution < -0.4 is 11.1 Å². The number of rotatable bonds is 11. The largest absolute Gasteiger partial charge is 0.378 e. The first-order valence-corrected chi connectivity index (χ1v) is 14.2. The smallest absolute Gasteiger partial charge is 0.287 e. The van der Waals surface area contributed by atoms with Gasteiger partial charge in [-0.05, 0) is 51.3 Å². The lowest BCUT2D eigenvalue weighted by Gasteiger charge is -2.35. The van der Waals surface area contributed by atoms with Crippen molar-refractivity contribution in [3.8, 4) is 0 Å². The topological polar surface area (TPSA) is 137 Å². The minimum absolute atomic E-state index is 0.0355. The van der Waals surface area contributed by atoms with Gasteiger partial charge in [-0.1, -0.05) is 23.7 Å². The van der Waals surface area contributed by atoms with Crippen molar-refractivity contribution in [2.24, 2.45) is 5.73 Å². The van der Waals surface area contributed by atoms with Crippen molar-refractivity contribution in [3.63, 3.8) is 0 Å². The molecule has 12 heteroatoms. The van der Waals surface area contributed by atoms with Gasteiger partial charge in [0.2, 0.25) is 0 Å². The zero-order valence-electron chi connectivity index (χ0n) is 21.4. The maximum Gasteiger partial charge on any atom is 0.287 e. The SMILES string of the molecule is C[C@H](N)COCC(C)(C)S(=O)(=O)C1(CN2CCn3c(cnc3C(=O)NCc3ccc(Cl)cc3)C2=O)CC1. The van der Waals surface area contributed by atoms with E-state index in [4.69, 9.17) is 22.1 Å². The Labute approximate surface area is 222 Å². The molecule has 0 unspecified atom stereocenters. The average Bonchev–Trinajstić information content (AvgIpc) is 3.50. The van der Waals surface area contributed by atoms with Crippen LogP contribution in [0.3, 0.4) is 0 Å². The third kappa shape index (κ3) is 5.55. The first kappa shape index (κ1) is 27.6. The molecule has 0 saturated heterocycles. The first-order chi connectivity index (χ1) is 17.4. The molecule has 2 amide bonds. The predicted octanol–water partition coefficient (Wildman–Crippen LogP) is 2.01. The van der Waals surface area contributed by atoms with Gasteiger partial charge in [-0.2, -0.15) is 0 Å². The molecule has 4 rings (SSSR count). The fourth-order valence-corrected chi connectivity index (χ4v) is 7.11. The van der Waals surface area contributed by atoms with E-state index in [1.54, 1.807) is 42.4 Å². The van der Waals surface area contributed by atoms with Gasteiger partial charge in [-0.3, -0.25) is 9.59 Å². The molecule has 2 aromatic rings. The zero-order valence-corrected chi connectivity index (χ0v) is 22.9. The molecule has 0 radical (unpaired) electrons. The van der Waals surface area contributed by atoms with Crippen molar-refractivity contribution in [3.05, 3.63) is 52.6 Å². The Morgan fingerprint density at radius 1 is 1.27 bits per heavy atom. The number of hydrogen-bond donors (Lipinski definition) is 2. The molecule has 0 spiro atoms. The Morgan fingerprint density at radius 3 is 2.57 bits per heavy atom. The zero-order chi connectivity index (χ0) is 27.0. The molecule has 2 heterocycles. The lowest BCUT2D eigenvalue weighted by molar-refractivity contribution is 0.0697. The normalized spacial score (nSPS) is 17.9. The van der Waals surface area contributed by atoms with Crippen LogP contribution in [0.1, 0.15) is 60.3 Å². The van der Waals surface area contributed by atoms with E-state index < -0.39 is 25.2 Å². The van der Waals surface area contributed by atoms with Gasteiger partial charge in [0.1, 0.15) is 5.69 Å². The molecule has 1 atom stereocenters. The number of fused-ring (bicyclic) bond motifs is 1. The Bertz CT molecular complexity index is 1270. The molecule has 0 bridgehead atoms. The van der Waals surface area contributed by atoms with E-state index in [0.29, 0.717) is 37.5 Å². The number of benzene rings is 1. The summed E-state index contributed by atoms with van der Waals surface area (Å²) in [5.41, 5.74) is 6.88. The number of ether oxygens (including phenoxy) is 1. The molecule has 1 aromatic carbocycles. The van der Waals surface area contributed by atoms with Gasteiger partial charge in [0.25, 0.3) is 11.8 Å². The average molecular weight is 552 g/mol. The quantitative estimate of drug-likeness (QED) is 0.436. The highest BCUT2D eigenvalue weighted by Crippen LogP contribution is 2.49. The highest BCUT2D eigenvalue weighted by Gasteiger charge is 2.61. The summed E-state index contributed by atoms with van der Waals surface area (Å²) < 4.78 is 32.3. The molecule has 3 N–H and O–H groups in total. The number of amides is 2. The molecule has 1 aromatic heterocycles. The van der Waals surface area contributed by atoms with E-state index in [-0.39, 0.29) is 43.2 Å². The van der Waals surface area contributed by atoms with Crippen LogP contribution >= 0.6 is 11.6 Å². The summed E-state index contributed by atoms with van der Waals surface area (Å²) in [4.78, 5) is 31.8. The maximum absolute atomic E-state index is 13.6. The monoisotopic (exact) mass is 551 g/mol. The minimum atomic E-state index is -3.62. The summed E-state index contributed by atoms with van der Waals surface area (Å²) >= 11 is 5.90. The van der Waals surface area contributed by atoms with Crippen LogP contribution in [0.5, 0.6) is 0 Å². The number of nitrogens with two attached hydrogens (primary N) is 1. The molecule has 1 aliphatic carbocycles. The molecular weight excluding hydrogens is 518 g/mol. The number of halogens is 1. The number of nitrogens with zero attached hydrogens (tertiary/aromatic N) is 3. The molecule has 10 nitrogen and oxygen atoms in total. The summed E-state index contributed by atoms with van der Waals surface area (Å²) in [5.74, 6) is -0.571. The molecule has 37 heavy (non-hydrogen) atoms. The lowest BCUT2D eigenvalue weighted by atomic mass is 10.2. The third-order valence-corrected chi connectivity index (χ3v) is 10.4. The predicted molar refractivity (Wildman–Crippen MR) is 140 cm³/mol. The number of aromatic nitrogens is 2. The summed E-state index contributed by atoms with van der Waals surface area (Å²) in [6.45, 7) is 6.46. The van der Waals surface area contributed by atoms with Gasteiger partial charge in [0.05, 0.1) is 28.9 Å². The second-order valence-corrected chi connectivity index (χ2v) is 14.0. The summed E-state index contributed by atoms with van der Waals surface area (Å²) in [6.07, 6.45) is 2.37. The van der Waals surface area contributed by atoms with E-state index >= 15 is 0 Å². The summed E-state index contributed by atoms with van der Waals surface area (Å²) in [5, 5.41) is 3.43. The molecule has 202 valence electrons. The molecular formula is C25H34ClN5O5S. The summed E-state index contributed by atoms with van der Waals surface area (Å²) in [6, 6.07) is 6.94.